The highest BCUT2D eigenvalue weighted by Gasteiger charge is 2.35. The predicted octanol–water partition coefficient (Wildman–Crippen LogP) is 7.06. The molecule has 0 spiro atoms. The summed E-state index contributed by atoms with van der Waals surface area (Å²) in [6, 6.07) is 11.5. The molecule has 4 aromatic heterocycles. The molecule has 2 aromatic carbocycles. The molecule has 0 atom stereocenters. The number of anilines is 2. The van der Waals surface area contributed by atoms with E-state index in [1.807, 2.05) is 0 Å². The van der Waals surface area contributed by atoms with Crippen LogP contribution in [0.25, 0.3) is 21.5 Å². The topological polar surface area (TPSA) is 182 Å². The van der Waals surface area contributed by atoms with E-state index >= 15 is 0 Å². The summed E-state index contributed by atoms with van der Waals surface area (Å²) in [6.07, 6.45) is -3.53. The fraction of sp³-hybridized carbons (Fsp3) is 0.214. The highest BCUT2D eigenvalue weighted by molar-refractivity contribution is 7.95. The Morgan fingerprint density at radius 2 is 1.17 bits per heavy atom. The lowest BCUT2D eigenvalue weighted by Crippen LogP contribution is -2.46. The lowest BCUT2D eigenvalue weighted by Gasteiger charge is -2.31. The number of alkyl halides is 4. The van der Waals surface area contributed by atoms with Crippen LogP contribution < -0.4 is 8.61 Å². The first-order valence-corrected chi connectivity index (χ1v) is 19.9. The largest absolute Gasteiger partial charge is 0.414 e. The fourth-order valence-electron chi connectivity index (χ4n) is 4.51. The Balaban J connectivity index is 1.29. The summed E-state index contributed by atoms with van der Waals surface area (Å²) in [7, 11) is -8.24. The van der Waals surface area contributed by atoms with Gasteiger partial charge in [-0.25, -0.2) is 18.4 Å². The van der Waals surface area contributed by atoms with Crippen molar-refractivity contribution in [1.82, 2.24) is 34.7 Å². The first kappa shape index (κ1) is 38.5. The van der Waals surface area contributed by atoms with Gasteiger partial charge in [-0.3, -0.25) is 8.61 Å². The van der Waals surface area contributed by atoms with Crippen molar-refractivity contribution >= 4 is 77.5 Å². The van der Waals surface area contributed by atoms with Crippen LogP contribution in [0.3, 0.4) is 0 Å². The molecular formula is C28H21Cl2F4N9O6S4. The minimum Gasteiger partial charge on any atom is -0.414 e. The summed E-state index contributed by atoms with van der Waals surface area (Å²) in [5.74, 6) is -3.42. The van der Waals surface area contributed by atoms with Crippen molar-refractivity contribution in [2.45, 2.75) is 25.9 Å². The minimum absolute atomic E-state index is 0.0503. The maximum absolute atomic E-state index is 14.2. The van der Waals surface area contributed by atoms with Crippen LogP contribution in [0.2, 0.25) is 10.0 Å². The van der Waals surface area contributed by atoms with Gasteiger partial charge in [-0.2, -0.15) is 30.3 Å². The standard InChI is InChI=1S/C28H21Cl2F4N9O6S4/c1-41(53(46,47)43(18-7-3-5-16(30)9-18)13-22-36-11-20(51-22)26-38-40-28(49-26)24(33)34)14-52(44,45)42(17-6-2-4-15(29)8-17)12-21-35-10-19(50-21)25-37-39-27(48-25)23(31)32/h2-11,23-24H,12-14H2,1H3. The van der Waals surface area contributed by atoms with E-state index in [-0.39, 0.29) is 53.0 Å². The molecule has 280 valence electrons. The van der Waals surface area contributed by atoms with Crippen molar-refractivity contribution < 1.29 is 43.2 Å². The molecule has 0 fully saturated rings. The zero-order valence-corrected chi connectivity index (χ0v) is 31.2. The van der Waals surface area contributed by atoms with E-state index in [4.69, 9.17) is 32.0 Å². The number of aromatic nitrogens is 6. The Morgan fingerprint density at radius 1 is 0.717 bits per heavy atom. The van der Waals surface area contributed by atoms with Gasteiger partial charge < -0.3 is 8.83 Å². The number of hydrogen-bond acceptors (Lipinski definition) is 14. The second-order valence-electron chi connectivity index (χ2n) is 10.5. The smallest absolute Gasteiger partial charge is 0.314 e. The summed E-state index contributed by atoms with van der Waals surface area (Å²) >= 11 is 14.1. The van der Waals surface area contributed by atoms with E-state index in [0.717, 1.165) is 38.3 Å². The van der Waals surface area contributed by atoms with Crippen molar-refractivity contribution in [2.24, 2.45) is 0 Å². The summed E-state index contributed by atoms with van der Waals surface area (Å²) in [5.41, 5.74) is 0.116. The van der Waals surface area contributed by atoms with Gasteiger partial charge in [-0.05, 0) is 36.4 Å². The van der Waals surface area contributed by atoms with Gasteiger partial charge in [-0.1, -0.05) is 35.3 Å². The molecule has 0 saturated heterocycles. The summed E-state index contributed by atoms with van der Waals surface area (Å²) in [5, 5.41) is 14.4. The predicted molar refractivity (Wildman–Crippen MR) is 186 cm³/mol. The number of hydrogen-bond donors (Lipinski definition) is 0. The molecule has 0 N–H and O–H groups in total. The third-order valence-corrected chi connectivity index (χ3v) is 13.0. The van der Waals surface area contributed by atoms with Gasteiger partial charge in [0, 0.05) is 17.1 Å². The zero-order chi connectivity index (χ0) is 38.1. The Labute approximate surface area is 315 Å². The molecule has 0 saturated carbocycles. The van der Waals surface area contributed by atoms with Crippen molar-refractivity contribution in [3.8, 4) is 21.5 Å². The van der Waals surface area contributed by atoms with Gasteiger partial charge >= 0.3 is 23.1 Å². The molecule has 25 heteroatoms. The van der Waals surface area contributed by atoms with Crippen LogP contribution in [-0.4, -0.2) is 64.4 Å². The average molecular weight is 855 g/mol. The number of thiazole rings is 2. The normalized spacial score (nSPS) is 12.3. The monoisotopic (exact) mass is 853 g/mol. The van der Waals surface area contributed by atoms with Crippen molar-refractivity contribution in [2.75, 3.05) is 21.5 Å². The van der Waals surface area contributed by atoms with E-state index in [1.165, 1.54) is 60.9 Å². The van der Waals surface area contributed by atoms with Gasteiger partial charge in [0.2, 0.25) is 10.0 Å². The van der Waals surface area contributed by atoms with Crippen LogP contribution in [0.1, 0.15) is 34.6 Å². The quantitative estimate of drug-likeness (QED) is 0.0961. The second-order valence-corrected chi connectivity index (χ2v) is 17.5. The van der Waals surface area contributed by atoms with Crippen LogP contribution in [0.5, 0.6) is 0 Å². The van der Waals surface area contributed by atoms with Gasteiger partial charge in [0.15, 0.2) is 0 Å². The highest BCUT2D eigenvalue weighted by atomic mass is 35.5. The van der Waals surface area contributed by atoms with E-state index < -0.39 is 63.8 Å². The first-order valence-electron chi connectivity index (χ1n) is 14.5. The maximum Gasteiger partial charge on any atom is 0.314 e. The molecule has 6 aromatic rings. The molecule has 0 amide bonds. The lowest BCUT2D eigenvalue weighted by molar-refractivity contribution is 0.115. The molecule has 53 heavy (non-hydrogen) atoms. The second kappa shape index (κ2) is 15.6. The SMILES string of the molecule is CN(CS(=O)(=O)N(Cc1ncc(-c2nnc(C(F)F)o2)s1)c1cccc(Cl)c1)S(=O)(=O)N(Cc1ncc(-c2nnc(C(F)F)o2)s1)c1cccc(Cl)c1. The van der Waals surface area contributed by atoms with E-state index in [1.54, 1.807) is 0 Å². The maximum atomic E-state index is 14.2. The molecule has 4 heterocycles. The third-order valence-electron chi connectivity index (χ3n) is 6.89. The van der Waals surface area contributed by atoms with Gasteiger partial charge in [0.05, 0.1) is 36.9 Å². The van der Waals surface area contributed by atoms with E-state index in [2.05, 4.69) is 30.4 Å². The van der Waals surface area contributed by atoms with Crippen LogP contribution in [0.4, 0.5) is 28.9 Å². The molecule has 6 rings (SSSR count). The molecule has 0 aliphatic carbocycles. The summed E-state index contributed by atoms with van der Waals surface area (Å²) in [6.45, 7) is -0.879. The highest BCUT2D eigenvalue weighted by Crippen LogP contribution is 2.34. The first-order chi connectivity index (χ1) is 25.1. The Bertz CT molecular complexity index is 2450. The Hall–Kier alpha value is -4.26. The number of nitrogens with zero attached hydrogens (tertiary/aromatic N) is 9. The minimum atomic E-state index is -4.71. The summed E-state index contributed by atoms with van der Waals surface area (Å²) < 4.78 is 121. The van der Waals surface area contributed by atoms with Gasteiger partial charge in [-0.15, -0.1) is 43.1 Å². The van der Waals surface area contributed by atoms with E-state index in [9.17, 15) is 34.4 Å². The summed E-state index contributed by atoms with van der Waals surface area (Å²) in [4.78, 5) is 8.73. The van der Waals surface area contributed by atoms with Crippen molar-refractivity contribution in [1.29, 1.82) is 0 Å². The molecule has 0 radical (unpaired) electrons. The van der Waals surface area contributed by atoms with Crippen LogP contribution in [-0.2, 0) is 33.3 Å². The number of sulfonamides is 1. The average Bonchev–Trinajstić information content (AvgIpc) is 3.92. The van der Waals surface area contributed by atoms with Gasteiger partial charge in [0.25, 0.3) is 23.6 Å². The number of benzene rings is 2. The van der Waals surface area contributed by atoms with Gasteiger partial charge in [0.1, 0.15) is 25.6 Å². The molecule has 15 nitrogen and oxygen atoms in total. The van der Waals surface area contributed by atoms with Crippen molar-refractivity contribution in [3.63, 3.8) is 0 Å². The third kappa shape index (κ3) is 8.77. The Kier molecular flexibility index (Phi) is 11.3. The number of rotatable bonds is 15. The van der Waals surface area contributed by atoms with Crippen LogP contribution in [0.15, 0.2) is 69.8 Å². The van der Waals surface area contributed by atoms with E-state index in [0.29, 0.717) is 4.31 Å². The fourth-order valence-corrected chi connectivity index (χ4v) is 9.98. The molecular weight excluding hydrogens is 834 g/mol. The molecule has 0 aliphatic heterocycles. The molecule has 0 bridgehead atoms. The van der Waals surface area contributed by atoms with Crippen molar-refractivity contribution in [3.05, 3.63) is 92.8 Å². The van der Waals surface area contributed by atoms with Crippen LogP contribution >= 0.6 is 45.9 Å². The number of halogens is 6. The molecule has 0 unspecified atom stereocenters. The lowest BCUT2D eigenvalue weighted by atomic mass is 10.3. The zero-order valence-electron chi connectivity index (χ0n) is 26.4. The molecule has 0 aliphatic rings. The van der Waals surface area contributed by atoms with Crippen LogP contribution in [0, 0.1) is 0 Å². The Morgan fingerprint density at radius 3 is 1.60 bits per heavy atom.